The minimum Gasteiger partial charge on any atom is -0.465 e. The molecule has 0 aliphatic carbocycles. The van der Waals surface area contributed by atoms with Gasteiger partial charge in [-0.15, -0.1) is 0 Å². The fraction of sp³-hybridized carbons (Fsp3) is 0.545. The fourth-order valence-corrected chi connectivity index (χ4v) is 2.62. The van der Waals surface area contributed by atoms with Crippen molar-refractivity contribution in [2.24, 2.45) is 0 Å². The lowest BCUT2D eigenvalue weighted by atomic mass is 10.1. The summed E-state index contributed by atoms with van der Waals surface area (Å²) in [6.45, 7) is 4.99. The third-order valence-electron chi connectivity index (χ3n) is 4.16. The molecule has 0 radical (unpaired) electrons. The number of carboxylic acid groups (broad SMARTS) is 1. The summed E-state index contributed by atoms with van der Waals surface area (Å²) in [6, 6.07) is 8.05. The van der Waals surface area contributed by atoms with Crippen LogP contribution in [0.1, 0.15) is 39.2 Å². The van der Waals surface area contributed by atoms with Gasteiger partial charge in [0.05, 0.1) is 6.10 Å². The van der Waals surface area contributed by atoms with Crippen LogP contribution in [0.4, 0.5) is 14.4 Å². The summed E-state index contributed by atoms with van der Waals surface area (Å²) in [5.41, 5.74) is 0.149. The molecule has 0 aliphatic rings. The van der Waals surface area contributed by atoms with Crippen molar-refractivity contribution in [2.45, 2.75) is 58.0 Å². The van der Waals surface area contributed by atoms with Crippen molar-refractivity contribution in [3.8, 4) is 0 Å². The van der Waals surface area contributed by atoms with Crippen LogP contribution < -0.4 is 21.3 Å². The van der Waals surface area contributed by atoms with E-state index in [1.54, 1.807) is 20.8 Å². The highest BCUT2D eigenvalue weighted by molar-refractivity contribution is 5.85. The predicted molar refractivity (Wildman–Crippen MR) is 122 cm³/mol. The number of hydrogen-bond acceptors (Lipinski definition) is 7. The van der Waals surface area contributed by atoms with Gasteiger partial charge in [-0.05, 0) is 39.2 Å². The third kappa shape index (κ3) is 13.8. The summed E-state index contributed by atoms with van der Waals surface area (Å²) >= 11 is 0. The zero-order chi connectivity index (χ0) is 25.6. The lowest BCUT2D eigenvalue weighted by molar-refractivity contribution is -0.123. The molecule has 0 spiro atoms. The van der Waals surface area contributed by atoms with Crippen LogP contribution in [0, 0.1) is 0 Å². The van der Waals surface area contributed by atoms with E-state index in [1.165, 1.54) is 0 Å². The summed E-state index contributed by atoms with van der Waals surface area (Å²) in [7, 11) is 0. The molecule has 12 heteroatoms. The van der Waals surface area contributed by atoms with Gasteiger partial charge in [0.2, 0.25) is 5.91 Å². The van der Waals surface area contributed by atoms with Crippen LogP contribution in [0.5, 0.6) is 0 Å². The molecule has 0 saturated heterocycles. The minimum atomic E-state index is -1.39. The Morgan fingerprint density at radius 3 is 2.24 bits per heavy atom. The zero-order valence-corrected chi connectivity index (χ0v) is 19.6. The highest BCUT2D eigenvalue weighted by Gasteiger charge is 2.21. The van der Waals surface area contributed by atoms with Crippen LogP contribution in [0.2, 0.25) is 0 Å². The van der Waals surface area contributed by atoms with E-state index in [1.807, 2.05) is 30.3 Å². The van der Waals surface area contributed by atoms with Crippen molar-refractivity contribution in [1.29, 1.82) is 0 Å². The summed E-state index contributed by atoms with van der Waals surface area (Å²) in [6.07, 6.45) is -3.44. The molecule has 0 heterocycles. The number of amides is 4. The molecule has 34 heavy (non-hydrogen) atoms. The molecule has 1 aromatic rings. The zero-order valence-electron chi connectivity index (χ0n) is 19.6. The Kier molecular flexibility index (Phi) is 12.2. The first-order valence-corrected chi connectivity index (χ1v) is 10.8. The maximum absolute atomic E-state index is 12.3. The van der Waals surface area contributed by atoms with Gasteiger partial charge < -0.3 is 41.0 Å². The molecule has 1 aromatic carbocycles. The van der Waals surface area contributed by atoms with Gasteiger partial charge in [-0.1, -0.05) is 30.3 Å². The largest absolute Gasteiger partial charge is 0.465 e. The number of aliphatic hydroxyl groups is 1. The van der Waals surface area contributed by atoms with Crippen molar-refractivity contribution in [3.05, 3.63) is 35.9 Å². The number of alkyl carbamates (subject to hydrolysis) is 2. The molecule has 0 bridgehead atoms. The molecule has 1 rings (SSSR count). The number of rotatable bonds is 12. The summed E-state index contributed by atoms with van der Waals surface area (Å²) in [5.74, 6) is -0.648. The smallest absolute Gasteiger partial charge is 0.407 e. The molecule has 190 valence electrons. The average molecular weight is 483 g/mol. The predicted octanol–water partition coefficient (Wildman–Crippen LogP) is 1.33. The molecule has 0 saturated carbocycles. The molecule has 0 aromatic heterocycles. The van der Waals surface area contributed by atoms with Crippen molar-refractivity contribution in [1.82, 2.24) is 21.3 Å². The quantitative estimate of drug-likeness (QED) is 0.242. The van der Waals surface area contributed by atoms with Crippen molar-refractivity contribution in [3.63, 3.8) is 0 Å². The molecule has 6 N–H and O–H groups in total. The van der Waals surface area contributed by atoms with E-state index in [-0.39, 0.29) is 32.7 Å². The van der Waals surface area contributed by atoms with Gasteiger partial charge in [-0.3, -0.25) is 4.79 Å². The van der Waals surface area contributed by atoms with Gasteiger partial charge in [-0.2, -0.15) is 0 Å². The molecule has 0 aliphatic heterocycles. The average Bonchev–Trinajstić information content (AvgIpc) is 2.76. The van der Waals surface area contributed by atoms with Crippen molar-refractivity contribution < 1.29 is 38.9 Å². The summed E-state index contributed by atoms with van der Waals surface area (Å²) < 4.78 is 10.1. The first-order valence-electron chi connectivity index (χ1n) is 10.8. The van der Waals surface area contributed by atoms with E-state index in [4.69, 9.17) is 14.6 Å². The van der Waals surface area contributed by atoms with Crippen LogP contribution in [-0.4, -0.2) is 71.8 Å². The first-order chi connectivity index (χ1) is 16.0. The molecule has 4 amide bonds. The van der Waals surface area contributed by atoms with Crippen molar-refractivity contribution >= 4 is 24.2 Å². The van der Waals surface area contributed by atoms with Crippen LogP contribution in [0.3, 0.4) is 0 Å². The minimum absolute atomic E-state index is 0.101. The van der Waals surface area contributed by atoms with E-state index in [0.717, 1.165) is 5.56 Å². The van der Waals surface area contributed by atoms with Gasteiger partial charge in [0.25, 0.3) is 0 Å². The lowest BCUT2D eigenvalue weighted by Gasteiger charge is -2.21. The molecule has 2 atom stereocenters. The van der Waals surface area contributed by atoms with Crippen LogP contribution in [-0.2, 0) is 20.9 Å². The normalized spacial score (nSPS) is 12.6. The van der Waals surface area contributed by atoms with E-state index in [9.17, 15) is 24.3 Å². The molecule has 12 nitrogen and oxygen atoms in total. The van der Waals surface area contributed by atoms with E-state index in [0.29, 0.717) is 6.42 Å². The Morgan fingerprint density at radius 2 is 1.62 bits per heavy atom. The van der Waals surface area contributed by atoms with E-state index in [2.05, 4.69) is 21.3 Å². The van der Waals surface area contributed by atoms with Crippen LogP contribution >= 0.6 is 0 Å². The fourth-order valence-electron chi connectivity index (χ4n) is 2.62. The maximum Gasteiger partial charge on any atom is 0.407 e. The Balaban J connectivity index is 2.33. The number of carbonyl (C=O) groups excluding carboxylic acids is 3. The van der Waals surface area contributed by atoms with Gasteiger partial charge >= 0.3 is 18.3 Å². The number of aliphatic hydroxyl groups excluding tert-OH is 1. The van der Waals surface area contributed by atoms with Gasteiger partial charge in [-0.25, -0.2) is 14.4 Å². The number of benzene rings is 1. The Hall–Kier alpha value is -3.54. The Bertz CT molecular complexity index is 798. The van der Waals surface area contributed by atoms with Crippen LogP contribution in [0.25, 0.3) is 0 Å². The second kappa shape index (κ2) is 14.6. The second-order valence-corrected chi connectivity index (χ2v) is 8.41. The number of hydrogen-bond donors (Lipinski definition) is 6. The second-order valence-electron chi connectivity index (χ2n) is 8.41. The topological polar surface area (TPSA) is 175 Å². The Morgan fingerprint density at radius 1 is 0.971 bits per heavy atom. The summed E-state index contributed by atoms with van der Waals surface area (Å²) in [5, 5.41) is 28.4. The number of carbonyl (C=O) groups is 4. The van der Waals surface area contributed by atoms with E-state index < -0.39 is 41.9 Å². The number of nitrogens with one attached hydrogen (secondary N) is 4. The standard InChI is InChI=1S/C22H34N4O8/c1-22(2,3)34-21(32)25-13-16(27)12-24-18(28)17(26-19(29)30)10-7-11-23-20(31)33-14-15-8-5-4-6-9-15/h4-6,8-9,16-17,26-27H,7,10-14H2,1-3H3,(H,23,31)(H,24,28)(H,25,32)(H,29,30)/t16?,17-/m0/s1. The van der Waals surface area contributed by atoms with Crippen molar-refractivity contribution in [2.75, 3.05) is 19.6 Å². The Labute approximate surface area is 198 Å². The number of ether oxygens (including phenoxy) is 2. The van der Waals surface area contributed by atoms with E-state index >= 15 is 0 Å². The third-order valence-corrected chi connectivity index (χ3v) is 4.16. The lowest BCUT2D eigenvalue weighted by Crippen LogP contribution is -2.49. The molecular formula is C22H34N4O8. The van der Waals surface area contributed by atoms with Gasteiger partial charge in [0.15, 0.2) is 0 Å². The van der Waals surface area contributed by atoms with Crippen LogP contribution in [0.15, 0.2) is 30.3 Å². The summed E-state index contributed by atoms with van der Waals surface area (Å²) in [4.78, 5) is 46.7. The maximum atomic E-state index is 12.3. The highest BCUT2D eigenvalue weighted by atomic mass is 16.6. The molecule has 1 unspecified atom stereocenters. The molecule has 0 fully saturated rings. The van der Waals surface area contributed by atoms with Gasteiger partial charge in [0.1, 0.15) is 18.2 Å². The highest BCUT2D eigenvalue weighted by Crippen LogP contribution is 2.06. The first kappa shape index (κ1) is 28.5. The van der Waals surface area contributed by atoms with Gasteiger partial charge in [0, 0.05) is 19.6 Å². The monoisotopic (exact) mass is 482 g/mol. The SMILES string of the molecule is CC(C)(C)OC(=O)NCC(O)CNC(=O)[C@H](CCCNC(=O)OCc1ccccc1)NC(=O)O. The molecular weight excluding hydrogens is 448 g/mol.